The molecule has 1 aliphatic rings. The molecule has 0 aromatic rings. The van der Waals surface area contributed by atoms with Crippen LogP contribution in [0.3, 0.4) is 0 Å². The Balaban J connectivity index is 2.13. The van der Waals surface area contributed by atoms with Crippen molar-refractivity contribution in [2.75, 3.05) is 13.1 Å². The van der Waals surface area contributed by atoms with E-state index in [4.69, 9.17) is 5.73 Å². The second kappa shape index (κ2) is 4.17. The first-order valence-corrected chi connectivity index (χ1v) is 3.77. The topological polar surface area (TPSA) is 50.1 Å². The zero-order valence-corrected chi connectivity index (χ0v) is 6.14. The maximum absolute atomic E-state index is 5.19. The smallest absolute Gasteiger partial charge is 0.0280 e. The molecule has 4 N–H and O–H groups in total. The van der Waals surface area contributed by atoms with E-state index in [1.165, 1.54) is 12.8 Å². The molecule has 0 aromatic carbocycles. The molecule has 0 aromatic heterocycles. The summed E-state index contributed by atoms with van der Waals surface area (Å²) in [6.45, 7) is 2.24. The van der Waals surface area contributed by atoms with Crippen LogP contribution in [0.25, 0.3) is 0 Å². The molecule has 0 bridgehead atoms. The predicted octanol–water partition coefficient (Wildman–Crippen LogP) is -0.242. The molecule has 3 nitrogen and oxygen atoms in total. The fourth-order valence-corrected chi connectivity index (χ4v) is 1.18. The van der Waals surface area contributed by atoms with Gasteiger partial charge in [-0.05, 0) is 25.9 Å². The van der Waals surface area contributed by atoms with E-state index in [0.717, 1.165) is 13.1 Å². The van der Waals surface area contributed by atoms with Crippen molar-refractivity contribution in [2.24, 2.45) is 5.73 Å². The lowest BCUT2D eigenvalue weighted by molar-refractivity contribution is 0.420. The summed E-state index contributed by atoms with van der Waals surface area (Å²) in [4.78, 5) is 0. The van der Waals surface area contributed by atoms with Crippen LogP contribution in [0, 0.1) is 0 Å². The summed E-state index contributed by atoms with van der Waals surface area (Å²) < 4.78 is 0. The Morgan fingerprint density at radius 2 is 2.10 bits per heavy atom. The fraction of sp³-hybridized carbons (Fsp3) is 0.714. The van der Waals surface area contributed by atoms with Gasteiger partial charge < -0.3 is 16.4 Å². The SMILES string of the molecule is N/C=C\NC1CCNCC1. The van der Waals surface area contributed by atoms with Crippen LogP contribution in [-0.2, 0) is 0 Å². The molecule has 0 atom stereocenters. The first-order chi connectivity index (χ1) is 4.93. The van der Waals surface area contributed by atoms with E-state index in [-0.39, 0.29) is 0 Å². The number of hydrogen-bond donors (Lipinski definition) is 3. The predicted molar refractivity (Wildman–Crippen MR) is 42.4 cm³/mol. The van der Waals surface area contributed by atoms with Crippen LogP contribution in [0.5, 0.6) is 0 Å². The maximum Gasteiger partial charge on any atom is 0.0280 e. The van der Waals surface area contributed by atoms with Gasteiger partial charge in [0.1, 0.15) is 0 Å². The fourth-order valence-electron chi connectivity index (χ4n) is 1.18. The van der Waals surface area contributed by atoms with Gasteiger partial charge in [0.05, 0.1) is 0 Å². The standard InChI is InChI=1S/C7H15N3/c8-3-6-10-7-1-4-9-5-2-7/h3,6-7,9-10H,1-2,4-5,8H2/b6-3-. The minimum atomic E-state index is 0.626. The Labute approximate surface area is 61.7 Å². The highest BCUT2D eigenvalue weighted by Gasteiger charge is 2.09. The highest BCUT2D eigenvalue weighted by molar-refractivity contribution is 4.81. The van der Waals surface area contributed by atoms with Crippen LogP contribution in [0.2, 0.25) is 0 Å². The van der Waals surface area contributed by atoms with Crippen molar-refractivity contribution in [3.63, 3.8) is 0 Å². The first-order valence-electron chi connectivity index (χ1n) is 3.77. The van der Waals surface area contributed by atoms with Crippen LogP contribution in [0.4, 0.5) is 0 Å². The summed E-state index contributed by atoms with van der Waals surface area (Å²) in [6.07, 6.45) is 5.76. The molecule has 0 unspecified atom stereocenters. The van der Waals surface area contributed by atoms with Crippen LogP contribution < -0.4 is 16.4 Å². The molecule has 0 radical (unpaired) electrons. The van der Waals surface area contributed by atoms with Crippen molar-refractivity contribution in [1.82, 2.24) is 10.6 Å². The summed E-state index contributed by atoms with van der Waals surface area (Å²) in [7, 11) is 0. The molecular weight excluding hydrogens is 126 g/mol. The lowest BCUT2D eigenvalue weighted by atomic mass is 10.1. The maximum atomic E-state index is 5.19. The van der Waals surface area contributed by atoms with Crippen molar-refractivity contribution in [3.8, 4) is 0 Å². The third kappa shape index (κ3) is 2.27. The number of nitrogens with one attached hydrogen (secondary N) is 2. The summed E-state index contributed by atoms with van der Waals surface area (Å²) in [6, 6.07) is 0.626. The number of hydrogen-bond acceptors (Lipinski definition) is 3. The van der Waals surface area contributed by atoms with Gasteiger partial charge in [0, 0.05) is 18.4 Å². The summed E-state index contributed by atoms with van der Waals surface area (Å²) in [5.74, 6) is 0. The van der Waals surface area contributed by atoms with Gasteiger partial charge >= 0.3 is 0 Å². The van der Waals surface area contributed by atoms with Gasteiger partial charge in [0.2, 0.25) is 0 Å². The van der Waals surface area contributed by atoms with E-state index in [9.17, 15) is 0 Å². The van der Waals surface area contributed by atoms with Gasteiger partial charge in [0.25, 0.3) is 0 Å². The summed E-state index contributed by atoms with van der Waals surface area (Å²) >= 11 is 0. The second-order valence-corrected chi connectivity index (χ2v) is 2.55. The van der Waals surface area contributed by atoms with Gasteiger partial charge in [0.15, 0.2) is 0 Å². The molecule has 0 spiro atoms. The molecule has 1 saturated heterocycles. The molecule has 1 heterocycles. The van der Waals surface area contributed by atoms with Gasteiger partial charge in [-0.2, -0.15) is 0 Å². The molecule has 0 amide bonds. The van der Waals surface area contributed by atoms with Gasteiger partial charge in [-0.1, -0.05) is 0 Å². The quantitative estimate of drug-likeness (QED) is 0.497. The Bertz CT molecular complexity index is 105. The third-order valence-electron chi connectivity index (χ3n) is 1.77. The average Bonchev–Trinajstić information content (AvgIpc) is 2.03. The lowest BCUT2D eigenvalue weighted by Gasteiger charge is -2.22. The molecule has 1 aliphatic heterocycles. The molecule has 1 rings (SSSR count). The van der Waals surface area contributed by atoms with E-state index in [1.54, 1.807) is 6.20 Å². The Kier molecular flexibility index (Phi) is 3.09. The largest absolute Gasteiger partial charge is 0.403 e. The van der Waals surface area contributed by atoms with Crippen LogP contribution >= 0.6 is 0 Å². The lowest BCUT2D eigenvalue weighted by Crippen LogP contribution is -2.37. The zero-order chi connectivity index (χ0) is 7.23. The normalized spacial score (nSPS) is 21.6. The highest BCUT2D eigenvalue weighted by Crippen LogP contribution is 2.00. The van der Waals surface area contributed by atoms with Gasteiger partial charge in [-0.15, -0.1) is 0 Å². The highest BCUT2D eigenvalue weighted by atomic mass is 15.0. The minimum Gasteiger partial charge on any atom is -0.403 e. The molecule has 0 saturated carbocycles. The number of piperidine rings is 1. The van der Waals surface area contributed by atoms with Crippen molar-refractivity contribution >= 4 is 0 Å². The monoisotopic (exact) mass is 141 g/mol. The number of rotatable bonds is 2. The van der Waals surface area contributed by atoms with E-state index in [2.05, 4.69) is 10.6 Å². The summed E-state index contributed by atoms with van der Waals surface area (Å²) in [5.41, 5.74) is 5.19. The van der Waals surface area contributed by atoms with E-state index in [1.807, 2.05) is 6.20 Å². The van der Waals surface area contributed by atoms with Crippen molar-refractivity contribution in [3.05, 3.63) is 12.4 Å². The third-order valence-corrected chi connectivity index (χ3v) is 1.77. The van der Waals surface area contributed by atoms with Gasteiger partial charge in [-0.3, -0.25) is 0 Å². The van der Waals surface area contributed by atoms with E-state index in [0.29, 0.717) is 6.04 Å². The molecular formula is C7H15N3. The van der Waals surface area contributed by atoms with E-state index >= 15 is 0 Å². The van der Waals surface area contributed by atoms with Gasteiger partial charge in [-0.25, -0.2) is 0 Å². The zero-order valence-electron chi connectivity index (χ0n) is 6.14. The first kappa shape index (κ1) is 7.41. The van der Waals surface area contributed by atoms with Crippen molar-refractivity contribution in [2.45, 2.75) is 18.9 Å². The Hall–Kier alpha value is -0.700. The molecule has 10 heavy (non-hydrogen) atoms. The number of nitrogens with two attached hydrogens (primary N) is 1. The average molecular weight is 141 g/mol. The molecule has 3 heteroatoms. The van der Waals surface area contributed by atoms with Crippen LogP contribution in [0.1, 0.15) is 12.8 Å². The second-order valence-electron chi connectivity index (χ2n) is 2.55. The molecule has 0 aliphatic carbocycles. The Morgan fingerprint density at radius 3 is 2.70 bits per heavy atom. The molecule has 58 valence electrons. The minimum absolute atomic E-state index is 0.626. The molecule has 1 fully saturated rings. The van der Waals surface area contributed by atoms with Crippen LogP contribution in [0.15, 0.2) is 12.4 Å². The summed E-state index contributed by atoms with van der Waals surface area (Å²) in [5, 5.41) is 6.52. The van der Waals surface area contributed by atoms with E-state index < -0.39 is 0 Å². The van der Waals surface area contributed by atoms with Crippen molar-refractivity contribution < 1.29 is 0 Å². The Morgan fingerprint density at radius 1 is 1.40 bits per heavy atom. The van der Waals surface area contributed by atoms with Crippen LogP contribution in [-0.4, -0.2) is 19.1 Å². The van der Waals surface area contributed by atoms with Crippen molar-refractivity contribution in [1.29, 1.82) is 0 Å².